The number of methoxy groups -OCH3 is 1. The molecule has 0 saturated heterocycles. The monoisotopic (exact) mass is 549 g/mol. The van der Waals surface area contributed by atoms with Crippen molar-refractivity contribution in [1.82, 2.24) is 0 Å². The van der Waals surface area contributed by atoms with Gasteiger partial charge in [-0.3, -0.25) is 19.2 Å². The molecule has 2 N–H and O–H groups in total. The third-order valence-electron chi connectivity index (χ3n) is 6.13. The molecule has 1 aromatic carbocycles. The van der Waals surface area contributed by atoms with E-state index in [0.717, 1.165) is 0 Å². The molecule has 1 rings (SSSR count). The van der Waals surface area contributed by atoms with Crippen LogP contribution >= 0.6 is 0 Å². The summed E-state index contributed by atoms with van der Waals surface area (Å²) in [5, 5.41) is 0. The first-order valence-electron chi connectivity index (χ1n) is 13.3. The van der Waals surface area contributed by atoms with Crippen LogP contribution in [0.4, 0.5) is 0 Å². The smallest absolute Gasteiger partial charge is 0.326 e. The molecular formula is C30H47NO8. The van der Waals surface area contributed by atoms with Crippen LogP contribution < -0.4 is 15.2 Å². The first kappa shape index (κ1) is 34.1. The molecule has 0 saturated carbocycles. The second kappa shape index (κ2) is 13.4. The molecule has 220 valence electrons. The van der Waals surface area contributed by atoms with Crippen molar-refractivity contribution >= 4 is 23.9 Å². The highest BCUT2D eigenvalue weighted by Crippen LogP contribution is 2.33. The van der Waals surface area contributed by atoms with Gasteiger partial charge in [-0.15, -0.1) is 0 Å². The van der Waals surface area contributed by atoms with Gasteiger partial charge in [-0.2, -0.15) is 0 Å². The number of benzene rings is 1. The summed E-state index contributed by atoms with van der Waals surface area (Å²) in [7, 11) is 1.23. The van der Waals surface area contributed by atoms with Crippen molar-refractivity contribution in [2.45, 2.75) is 100.0 Å². The van der Waals surface area contributed by atoms with E-state index in [1.165, 1.54) is 19.2 Å². The Kier molecular flexibility index (Phi) is 11.7. The van der Waals surface area contributed by atoms with E-state index in [-0.39, 0.29) is 60.6 Å². The Morgan fingerprint density at radius 1 is 0.795 bits per heavy atom. The standard InChI is InChI=1S/C30H47NO8/c1-11-29(8,9)25(34)37-15-14-30(31,26(35)36-10)17-20-12-13-21(38-23(32)18-27(2,3)4)22(16-20)39-24(33)19-28(5,6)7/h12-13,16H,11,14-15,17-19,31H2,1-10H3/t30-/m1/s1. The van der Waals surface area contributed by atoms with Gasteiger partial charge in [0.25, 0.3) is 0 Å². The molecule has 0 aliphatic heterocycles. The quantitative estimate of drug-likeness (QED) is 0.278. The summed E-state index contributed by atoms with van der Waals surface area (Å²) in [6.07, 6.45) is 0.891. The van der Waals surface area contributed by atoms with Crippen LogP contribution in [0.15, 0.2) is 18.2 Å². The lowest BCUT2D eigenvalue weighted by atomic mass is 9.88. The maximum Gasteiger partial charge on any atom is 0.326 e. The third kappa shape index (κ3) is 11.8. The van der Waals surface area contributed by atoms with Gasteiger partial charge >= 0.3 is 23.9 Å². The summed E-state index contributed by atoms with van der Waals surface area (Å²) in [6, 6.07) is 4.67. The second-order valence-corrected chi connectivity index (χ2v) is 13.2. The van der Waals surface area contributed by atoms with Gasteiger partial charge in [0.2, 0.25) is 0 Å². The number of nitrogens with two attached hydrogens (primary N) is 1. The average molecular weight is 550 g/mol. The minimum Gasteiger partial charge on any atom is -0.468 e. The summed E-state index contributed by atoms with van der Waals surface area (Å²) in [5.74, 6) is -1.89. The van der Waals surface area contributed by atoms with Gasteiger partial charge in [0.05, 0.1) is 32.0 Å². The number of carbonyl (C=O) groups is 4. The van der Waals surface area contributed by atoms with E-state index < -0.39 is 28.9 Å². The van der Waals surface area contributed by atoms with Gasteiger partial charge in [0.1, 0.15) is 5.54 Å². The highest BCUT2D eigenvalue weighted by Gasteiger charge is 2.37. The molecule has 0 amide bonds. The lowest BCUT2D eigenvalue weighted by molar-refractivity contribution is -0.157. The summed E-state index contributed by atoms with van der Waals surface area (Å²) in [6.45, 7) is 16.8. The SMILES string of the molecule is CCC(C)(C)C(=O)OCC[C@@](N)(Cc1ccc(OC(=O)CC(C)(C)C)c(OC(=O)CC(C)(C)C)c1)C(=O)OC. The molecule has 0 heterocycles. The number of carbonyl (C=O) groups excluding carboxylic acids is 4. The van der Waals surface area contributed by atoms with Crippen molar-refractivity contribution in [2.24, 2.45) is 22.0 Å². The second-order valence-electron chi connectivity index (χ2n) is 13.2. The third-order valence-corrected chi connectivity index (χ3v) is 6.13. The first-order valence-corrected chi connectivity index (χ1v) is 13.3. The summed E-state index contributed by atoms with van der Waals surface area (Å²) >= 11 is 0. The molecular weight excluding hydrogens is 502 g/mol. The molecule has 39 heavy (non-hydrogen) atoms. The van der Waals surface area contributed by atoms with Gasteiger partial charge in [-0.25, -0.2) is 0 Å². The van der Waals surface area contributed by atoms with E-state index in [9.17, 15) is 19.2 Å². The molecule has 9 heteroatoms. The Morgan fingerprint density at radius 3 is 1.77 bits per heavy atom. The van der Waals surface area contributed by atoms with Gasteiger partial charge in [0, 0.05) is 12.8 Å². The van der Waals surface area contributed by atoms with Crippen LogP contribution in [0.5, 0.6) is 11.5 Å². The van der Waals surface area contributed by atoms with Crippen LogP contribution in [-0.4, -0.2) is 43.1 Å². The minimum atomic E-state index is -1.53. The molecule has 0 aliphatic rings. The van der Waals surface area contributed by atoms with Crippen molar-refractivity contribution in [3.05, 3.63) is 23.8 Å². The van der Waals surface area contributed by atoms with E-state index >= 15 is 0 Å². The average Bonchev–Trinajstić information content (AvgIpc) is 2.77. The van der Waals surface area contributed by atoms with E-state index in [2.05, 4.69) is 0 Å². The Morgan fingerprint density at radius 2 is 1.31 bits per heavy atom. The highest BCUT2D eigenvalue weighted by molar-refractivity contribution is 5.81. The van der Waals surface area contributed by atoms with Crippen molar-refractivity contribution in [2.75, 3.05) is 13.7 Å². The minimum absolute atomic E-state index is 0.00552. The van der Waals surface area contributed by atoms with Gasteiger partial charge in [0.15, 0.2) is 11.5 Å². The van der Waals surface area contributed by atoms with E-state index in [1.807, 2.05) is 48.5 Å². The van der Waals surface area contributed by atoms with Crippen molar-refractivity contribution in [3.63, 3.8) is 0 Å². The fraction of sp³-hybridized carbons (Fsp3) is 0.667. The lowest BCUT2D eigenvalue weighted by Crippen LogP contribution is -2.51. The number of ether oxygens (including phenoxy) is 4. The Bertz CT molecular complexity index is 1030. The Labute approximate surface area is 233 Å². The van der Waals surface area contributed by atoms with Crippen LogP contribution in [-0.2, 0) is 35.1 Å². The molecule has 1 atom stereocenters. The molecule has 0 fully saturated rings. The molecule has 0 aromatic heterocycles. The number of hydrogen-bond acceptors (Lipinski definition) is 9. The predicted molar refractivity (Wildman–Crippen MR) is 148 cm³/mol. The molecule has 0 bridgehead atoms. The largest absolute Gasteiger partial charge is 0.468 e. The van der Waals surface area contributed by atoms with E-state index in [4.69, 9.17) is 24.7 Å². The zero-order chi connectivity index (χ0) is 30.2. The number of esters is 4. The lowest BCUT2D eigenvalue weighted by Gasteiger charge is -2.28. The molecule has 0 aliphatic carbocycles. The van der Waals surface area contributed by atoms with Gasteiger partial charge in [-0.05, 0) is 48.8 Å². The van der Waals surface area contributed by atoms with Crippen molar-refractivity contribution < 1.29 is 38.1 Å². The molecule has 0 unspecified atom stereocenters. The van der Waals surface area contributed by atoms with Crippen molar-refractivity contribution in [3.8, 4) is 11.5 Å². The molecule has 0 spiro atoms. The van der Waals surface area contributed by atoms with Crippen LogP contribution in [0.2, 0.25) is 0 Å². The summed E-state index contributed by atoms with van der Waals surface area (Å²) in [5.41, 5.74) is 4.21. The highest BCUT2D eigenvalue weighted by atomic mass is 16.6. The van der Waals surface area contributed by atoms with E-state index in [0.29, 0.717) is 12.0 Å². The fourth-order valence-electron chi connectivity index (χ4n) is 3.51. The van der Waals surface area contributed by atoms with Gasteiger partial charge < -0.3 is 24.7 Å². The van der Waals surface area contributed by atoms with Gasteiger partial charge in [-0.1, -0.05) is 54.5 Å². The first-order chi connectivity index (χ1) is 17.7. The zero-order valence-electron chi connectivity index (χ0n) is 25.3. The fourth-order valence-corrected chi connectivity index (χ4v) is 3.51. The summed E-state index contributed by atoms with van der Waals surface area (Å²) < 4.78 is 21.5. The topological polar surface area (TPSA) is 131 Å². The zero-order valence-corrected chi connectivity index (χ0v) is 25.3. The Balaban J connectivity index is 3.26. The summed E-state index contributed by atoms with van der Waals surface area (Å²) in [4.78, 5) is 50.2. The predicted octanol–water partition coefficient (Wildman–Crippen LogP) is 5.15. The van der Waals surface area contributed by atoms with Crippen LogP contribution in [0.1, 0.15) is 93.6 Å². The van der Waals surface area contributed by atoms with Crippen LogP contribution in [0.25, 0.3) is 0 Å². The maximum atomic E-state index is 12.7. The van der Waals surface area contributed by atoms with Crippen LogP contribution in [0.3, 0.4) is 0 Å². The maximum absolute atomic E-state index is 12.7. The van der Waals surface area contributed by atoms with Crippen molar-refractivity contribution in [1.29, 1.82) is 0 Å². The van der Waals surface area contributed by atoms with Crippen LogP contribution in [0, 0.1) is 16.2 Å². The molecule has 9 nitrogen and oxygen atoms in total. The Hall–Kier alpha value is -2.94. The molecule has 0 radical (unpaired) electrons. The number of hydrogen-bond donors (Lipinski definition) is 1. The number of rotatable bonds is 12. The van der Waals surface area contributed by atoms with E-state index in [1.54, 1.807) is 19.9 Å². The molecule has 1 aromatic rings. The normalized spacial score (nSPS) is 13.7.